The second kappa shape index (κ2) is 13.6. The Labute approximate surface area is 205 Å². The SMILES string of the molecule is Cc1cc(OCC=C(Cl)Cl)cc(Cl)c1OCCCCCO/N=C/c1ccc(C(F)(F)F)cc1. The molecule has 0 aromatic heterocycles. The van der Waals surface area contributed by atoms with Crippen molar-refractivity contribution in [3.63, 3.8) is 0 Å². The zero-order valence-electron chi connectivity index (χ0n) is 17.8. The lowest BCUT2D eigenvalue weighted by atomic mass is 10.1. The Morgan fingerprint density at radius 2 is 1.70 bits per heavy atom. The van der Waals surface area contributed by atoms with E-state index in [1.165, 1.54) is 24.4 Å². The van der Waals surface area contributed by atoms with E-state index in [2.05, 4.69) is 5.16 Å². The molecule has 33 heavy (non-hydrogen) atoms. The van der Waals surface area contributed by atoms with Gasteiger partial charge >= 0.3 is 6.18 Å². The number of ether oxygens (including phenoxy) is 2. The van der Waals surface area contributed by atoms with Gasteiger partial charge in [-0.3, -0.25) is 0 Å². The monoisotopic (exact) mass is 523 g/mol. The Morgan fingerprint density at radius 3 is 2.33 bits per heavy atom. The van der Waals surface area contributed by atoms with Crippen molar-refractivity contribution >= 4 is 41.0 Å². The third-order valence-corrected chi connectivity index (χ3v) is 4.92. The first-order valence-corrected chi connectivity index (χ1v) is 11.2. The lowest BCUT2D eigenvalue weighted by molar-refractivity contribution is -0.137. The van der Waals surface area contributed by atoms with Gasteiger partial charge in [0.1, 0.15) is 29.2 Å². The van der Waals surface area contributed by atoms with Crippen LogP contribution in [0.25, 0.3) is 0 Å². The van der Waals surface area contributed by atoms with E-state index in [1.54, 1.807) is 6.07 Å². The fourth-order valence-electron chi connectivity index (χ4n) is 2.70. The van der Waals surface area contributed by atoms with Crippen molar-refractivity contribution in [2.45, 2.75) is 32.4 Å². The van der Waals surface area contributed by atoms with Crippen molar-refractivity contribution in [2.75, 3.05) is 19.8 Å². The summed E-state index contributed by atoms with van der Waals surface area (Å²) in [6.07, 6.45) is 0.944. The van der Waals surface area contributed by atoms with Crippen molar-refractivity contribution in [3.8, 4) is 11.5 Å². The molecule has 0 aliphatic heterocycles. The molecule has 0 amide bonds. The molecule has 0 radical (unpaired) electrons. The zero-order valence-corrected chi connectivity index (χ0v) is 20.1. The molecule has 0 atom stereocenters. The Kier molecular flexibility index (Phi) is 11.2. The predicted molar refractivity (Wildman–Crippen MR) is 126 cm³/mol. The van der Waals surface area contributed by atoms with Gasteiger partial charge in [0.2, 0.25) is 0 Å². The number of benzene rings is 2. The largest absolute Gasteiger partial charge is 0.492 e. The summed E-state index contributed by atoms with van der Waals surface area (Å²) >= 11 is 17.4. The minimum Gasteiger partial charge on any atom is -0.492 e. The van der Waals surface area contributed by atoms with E-state index in [1.807, 2.05) is 13.0 Å². The van der Waals surface area contributed by atoms with E-state index in [4.69, 9.17) is 49.1 Å². The highest BCUT2D eigenvalue weighted by molar-refractivity contribution is 6.55. The molecule has 0 saturated carbocycles. The first kappa shape index (κ1) is 27.2. The molecule has 0 unspecified atom stereocenters. The van der Waals surface area contributed by atoms with Crippen LogP contribution < -0.4 is 9.47 Å². The Balaban J connectivity index is 1.63. The number of rotatable bonds is 12. The van der Waals surface area contributed by atoms with Gasteiger partial charge in [-0.1, -0.05) is 52.1 Å². The first-order valence-electron chi connectivity index (χ1n) is 10.1. The van der Waals surface area contributed by atoms with E-state index in [-0.39, 0.29) is 11.1 Å². The van der Waals surface area contributed by atoms with Crippen LogP contribution >= 0.6 is 34.8 Å². The number of oxime groups is 1. The molecule has 0 aliphatic carbocycles. The Bertz CT molecular complexity index is 921. The summed E-state index contributed by atoms with van der Waals surface area (Å²) in [6, 6.07) is 8.18. The molecule has 0 bridgehead atoms. The number of nitrogens with zero attached hydrogens (tertiary/aromatic N) is 1. The highest BCUT2D eigenvalue weighted by Crippen LogP contribution is 2.33. The minimum atomic E-state index is -4.35. The molecule has 0 aliphatic rings. The number of halogens is 6. The fourth-order valence-corrected chi connectivity index (χ4v) is 3.13. The van der Waals surface area contributed by atoms with Gasteiger partial charge in [-0.15, -0.1) is 0 Å². The Morgan fingerprint density at radius 1 is 1.00 bits per heavy atom. The fraction of sp³-hybridized carbons (Fsp3) is 0.348. The third kappa shape index (κ3) is 10.2. The maximum Gasteiger partial charge on any atom is 0.416 e. The summed E-state index contributed by atoms with van der Waals surface area (Å²) in [5.74, 6) is 1.19. The average molecular weight is 525 g/mol. The molecule has 2 rings (SSSR count). The summed E-state index contributed by atoms with van der Waals surface area (Å²) in [5, 5.41) is 4.23. The minimum absolute atomic E-state index is 0.133. The van der Waals surface area contributed by atoms with Crippen LogP contribution in [-0.4, -0.2) is 26.0 Å². The molecule has 0 heterocycles. The maximum absolute atomic E-state index is 12.5. The van der Waals surface area contributed by atoms with Gasteiger partial charge in [0.15, 0.2) is 0 Å². The number of aryl methyl sites for hydroxylation is 1. The number of unbranched alkanes of at least 4 members (excludes halogenated alkanes) is 2. The topological polar surface area (TPSA) is 40.0 Å². The van der Waals surface area contributed by atoms with Gasteiger partial charge < -0.3 is 14.3 Å². The first-order chi connectivity index (χ1) is 15.7. The average Bonchev–Trinajstić information content (AvgIpc) is 2.73. The summed E-state index contributed by atoms with van der Waals surface area (Å²) < 4.78 is 49.0. The van der Waals surface area contributed by atoms with Crippen molar-refractivity contribution in [3.05, 3.63) is 68.7 Å². The molecule has 4 nitrogen and oxygen atoms in total. The lowest BCUT2D eigenvalue weighted by Crippen LogP contribution is -2.04. The van der Waals surface area contributed by atoms with E-state index < -0.39 is 11.7 Å². The number of hydrogen-bond donors (Lipinski definition) is 0. The Hall–Kier alpha value is -2.09. The molecular formula is C23H23Cl3F3NO3. The predicted octanol–water partition coefficient (Wildman–Crippen LogP) is 7.96. The summed E-state index contributed by atoms with van der Waals surface area (Å²) in [5.41, 5.74) is 0.673. The van der Waals surface area contributed by atoms with Crippen LogP contribution in [0.15, 0.2) is 52.1 Å². The summed E-state index contributed by atoms with van der Waals surface area (Å²) in [7, 11) is 0. The number of hydrogen-bond acceptors (Lipinski definition) is 4. The molecule has 0 fully saturated rings. The second-order valence-electron chi connectivity index (χ2n) is 6.95. The van der Waals surface area contributed by atoms with Crippen molar-refractivity contribution in [1.29, 1.82) is 0 Å². The molecule has 0 spiro atoms. The van der Waals surface area contributed by atoms with E-state index >= 15 is 0 Å². The van der Waals surface area contributed by atoms with Crippen molar-refractivity contribution < 1.29 is 27.5 Å². The van der Waals surface area contributed by atoms with Crippen LogP contribution in [-0.2, 0) is 11.0 Å². The van der Waals surface area contributed by atoms with Gasteiger partial charge in [0.25, 0.3) is 0 Å². The van der Waals surface area contributed by atoms with Gasteiger partial charge in [-0.2, -0.15) is 13.2 Å². The third-order valence-electron chi connectivity index (χ3n) is 4.33. The van der Waals surface area contributed by atoms with Crippen LogP contribution in [0.4, 0.5) is 13.2 Å². The second-order valence-corrected chi connectivity index (χ2v) is 8.37. The maximum atomic E-state index is 12.5. The quantitative estimate of drug-likeness (QED) is 0.161. The molecule has 10 heteroatoms. The lowest BCUT2D eigenvalue weighted by Gasteiger charge is -2.13. The number of alkyl halides is 3. The van der Waals surface area contributed by atoms with Gasteiger partial charge in [0, 0.05) is 6.07 Å². The van der Waals surface area contributed by atoms with E-state index in [0.29, 0.717) is 35.3 Å². The van der Waals surface area contributed by atoms with Crippen LogP contribution in [0.3, 0.4) is 0 Å². The molecular weight excluding hydrogens is 502 g/mol. The van der Waals surface area contributed by atoms with Crippen molar-refractivity contribution in [2.24, 2.45) is 5.16 Å². The summed E-state index contributed by atoms with van der Waals surface area (Å²) in [6.45, 7) is 2.99. The molecule has 0 saturated heterocycles. The van der Waals surface area contributed by atoms with Gasteiger partial charge in [0.05, 0.1) is 23.4 Å². The van der Waals surface area contributed by atoms with E-state index in [0.717, 1.165) is 37.0 Å². The molecule has 2 aromatic rings. The standard InChI is InChI=1S/C23H23Cl3F3NO3/c1-16-13-19(31-12-9-21(25)26)14-20(24)22(16)32-10-3-2-4-11-33-30-15-17-5-7-18(8-6-17)23(27,28)29/h5-9,13-15H,2-4,10-12H2,1H3/b30-15+. The molecule has 0 N–H and O–H groups in total. The van der Waals surface area contributed by atoms with Crippen LogP contribution in [0, 0.1) is 6.92 Å². The van der Waals surface area contributed by atoms with Crippen LogP contribution in [0.2, 0.25) is 5.02 Å². The smallest absolute Gasteiger partial charge is 0.416 e. The van der Waals surface area contributed by atoms with Crippen LogP contribution in [0.5, 0.6) is 11.5 Å². The van der Waals surface area contributed by atoms with Gasteiger partial charge in [-0.25, -0.2) is 0 Å². The molecule has 180 valence electrons. The van der Waals surface area contributed by atoms with Gasteiger partial charge in [-0.05, 0) is 61.6 Å². The van der Waals surface area contributed by atoms with Crippen molar-refractivity contribution in [1.82, 2.24) is 0 Å². The highest BCUT2D eigenvalue weighted by Gasteiger charge is 2.29. The van der Waals surface area contributed by atoms with Crippen LogP contribution in [0.1, 0.15) is 36.0 Å². The highest BCUT2D eigenvalue weighted by atomic mass is 35.5. The van der Waals surface area contributed by atoms with E-state index in [9.17, 15) is 13.2 Å². The summed E-state index contributed by atoms with van der Waals surface area (Å²) in [4.78, 5) is 5.15. The normalized spacial score (nSPS) is 11.5. The molecule has 2 aromatic carbocycles. The zero-order chi connectivity index (χ0) is 24.3.